The standard InChI is InChI=1S/C11H15NO/c1-3-6-13-11-5-4-9(2)7-10(11)8-12/h3-5,7H,1,6,8,12H2,2H3. The lowest BCUT2D eigenvalue weighted by Gasteiger charge is -2.08. The van der Waals surface area contributed by atoms with E-state index in [0.29, 0.717) is 13.2 Å². The first-order valence-corrected chi connectivity index (χ1v) is 4.31. The highest BCUT2D eigenvalue weighted by atomic mass is 16.5. The molecule has 0 saturated heterocycles. The summed E-state index contributed by atoms with van der Waals surface area (Å²) in [6, 6.07) is 6.00. The summed E-state index contributed by atoms with van der Waals surface area (Å²) in [6.45, 7) is 6.66. The Morgan fingerprint density at radius 1 is 1.54 bits per heavy atom. The summed E-state index contributed by atoms with van der Waals surface area (Å²) in [7, 11) is 0. The van der Waals surface area contributed by atoms with Crippen LogP contribution in [-0.2, 0) is 6.54 Å². The second kappa shape index (κ2) is 4.67. The SMILES string of the molecule is C=CCOc1ccc(C)cc1CN. The molecule has 0 spiro atoms. The molecular formula is C11H15NO. The zero-order valence-corrected chi connectivity index (χ0v) is 7.92. The molecule has 2 nitrogen and oxygen atoms in total. The van der Waals surface area contributed by atoms with Gasteiger partial charge in [-0.3, -0.25) is 0 Å². The fourth-order valence-corrected chi connectivity index (χ4v) is 1.16. The summed E-state index contributed by atoms with van der Waals surface area (Å²) >= 11 is 0. The number of nitrogens with two attached hydrogens (primary N) is 1. The molecule has 0 aliphatic heterocycles. The molecule has 70 valence electrons. The minimum atomic E-state index is 0.508. The van der Waals surface area contributed by atoms with Crippen molar-refractivity contribution in [3.05, 3.63) is 42.0 Å². The zero-order chi connectivity index (χ0) is 9.68. The van der Waals surface area contributed by atoms with E-state index in [1.54, 1.807) is 6.08 Å². The van der Waals surface area contributed by atoms with Gasteiger partial charge in [0, 0.05) is 12.1 Å². The maximum absolute atomic E-state index is 5.59. The first-order valence-electron chi connectivity index (χ1n) is 4.31. The third-order valence-corrected chi connectivity index (χ3v) is 1.79. The largest absolute Gasteiger partial charge is 0.489 e. The summed E-state index contributed by atoms with van der Waals surface area (Å²) in [5, 5.41) is 0. The Hall–Kier alpha value is -1.28. The van der Waals surface area contributed by atoms with Crippen LogP contribution in [0, 0.1) is 6.92 Å². The summed E-state index contributed by atoms with van der Waals surface area (Å²) in [6.07, 6.45) is 1.72. The molecule has 0 unspecified atom stereocenters. The van der Waals surface area contributed by atoms with Gasteiger partial charge in [-0.1, -0.05) is 30.4 Å². The lowest BCUT2D eigenvalue weighted by Crippen LogP contribution is -2.02. The van der Waals surface area contributed by atoms with Crippen molar-refractivity contribution < 1.29 is 4.74 Å². The van der Waals surface area contributed by atoms with E-state index >= 15 is 0 Å². The summed E-state index contributed by atoms with van der Waals surface area (Å²) in [5.41, 5.74) is 7.83. The molecule has 0 saturated carbocycles. The fraction of sp³-hybridized carbons (Fsp3) is 0.273. The Kier molecular flexibility index (Phi) is 3.53. The highest BCUT2D eigenvalue weighted by molar-refractivity contribution is 5.36. The van der Waals surface area contributed by atoms with Crippen LogP contribution in [0.1, 0.15) is 11.1 Å². The topological polar surface area (TPSA) is 35.2 Å². The minimum absolute atomic E-state index is 0.508. The summed E-state index contributed by atoms with van der Waals surface area (Å²) in [4.78, 5) is 0. The van der Waals surface area contributed by atoms with Gasteiger partial charge >= 0.3 is 0 Å². The quantitative estimate of drug-likeness (QED) is 0.714. The molecule has 0 radical (unpaired) electrons. The molecule has 0 aliphatic carbocycles. The average Bonchev–Trinajstić information content (AvgIpc) is 2.16. The maximum atomic E-state index is 5.59. The Morgan fingerprint density at radius 3 is 2.92 bits per heavy atom. The van der Waals surface area contributed by atoms with Crippen molar-refractivity contribution in [3.8, 4) is 5.75 Å². The monoisotopic (exact) mass is 177 g/mol. The van der Waals surface area contributed by atoms with Gasteiger partial charge in [0.05, 0.1) is 0 Å². The number of rotatable bonds is 4. The van der Waals surface area contributed by atoms with Crippen molar-refractivity contribution in [3.63, 3.8) is 0 Å². The lowest BCUT2D eigenvalue weighted by molar-refractivity contribution is 0.359. The van der Waals surface area contributed by atoms with Crippen LogP contribution in [0.15, 0.2) is 30.9 Å². The first-order chi connectivity index (χ1) is 6.27. The molecule has 0 atom stereocenters. The van der Waals surface area contributed by atoms with Gasteiger partial charge in [-0.15, -0.1) is 0 Å². The van der Waals surface area contributed by atoms with Crippen molar-refractivity contribution in [1.82, 2.24) is 0 Å². The van der Waals surface area contributed by atoms with Gasteiger partial charge in [-0.05, 0) is 13.0 Å². The van der Waals surface area contributed by atoms with Crippen molar-refractivity contribution in [2.24, 2.45) is 5.73 Å². The van der Waals surface area contributed by atoms with Crippen molar-refractivity contribution in [2.75, 3.05) is 6.61 Å². The molecule has 2 heteroatoms. The molecule has 0 bridgehead atoms. The Balaban J connectivity index is 2.85. The van der Waals surface area contributed by atoms with Crippen molar-refractivity contribution in [2.45, 2.75) is 13.5 Å². The van der Waals surface area contributed by atoms with Crippen molar-refractivity contribution >= 4 is 0 Å². The van der Waals surface area contributed by atoms with Crippen LogP contribution in [0.2, 0.25) is 0 Å². The smallest absolute Gasteiger partial charge is 0.124 e. The lowest BCUT2D eigenvalue weighted by atomic mass is 10.1. The van der Waals surface area contributed by atoms with Gasteiger partial charge in [0.1, 0.15) is 12.4 Å². The predicted octanol–water partition coefficient (Wildman–Crippen LogP) is 2.02. The van der Waals surface area contributed by atoms with Gasteiger partial charge in [0.2, 0.25) is 0 Å². The van der Waals surface area contributed by atoms with Crippen LogP contribution in [0.5, 0.6) is 5.75 Å². The van der Waals surface area contributed by atoms with Gasteiger partial charge in [-0.2, -0.15) is 0 Å². The normalized spacial score (nSPS) is 9.69. The van der Waals surface area contributed by atoms with Gasteiger partial charge in [0.25, 0.3) is 0 Å². The third kappa shape index (κ3) is 2.60. The van der Waals surface area contributed by atoms with E-state index in [2.05, 4.69) is 6.58 Å². The van der Waals surface area contributed by atoms with Crippen molar-refractivity contribution in [1.29, 1.82) is 0 Å². The molecule has 0 aromatic heterocycles. The molecular weight excluding hydrogens is 162 g/mol. The molecule has 1 aromatic carbocycles. The molecule has 0 heterocycles. The average molecular weight is 177 g/mol. The van der Waals surface area contributed by atoms with Gasteiger partial charge in [-0.25, -0.2) is 0 Å². The third-order valence-electron chi connectivity index (χ3n) is 1.79. The highest BCUT2D eigenvalue weighted by Crippen LogP contribution is 2.19. The second-order valence-corrected chi connectivity index (χ2v) is 2.91. The molecule has 13 heavy (non-hydrogen) atoms. The van der Waals surface area contributed by atoms with E-state index in [-0.39, 0.29) is 0 Å². The van der Waals surface area contributed by atoms with Crippen LogP contribution in [0.25, 0.3) is 0 Å². The molecule has 2 N–H and O–H groups in total. The van der Waals surface area contributed by atoms with E-state index in [4.69, 9.17) is 10.5 Å². The van der Waals surface area contributed by atoms with E-state index in [1.807, 2.05) is 25.1 Å². The fourth-order valence-electron chi connectivity index (χ4n) is 1.16. The number of aryl methyl sites for hydroxylation is 1. The number of hydrogen-bond donors (Lipinski definition) is 1. The van der Waals surface area contributed by atoms with Crippen LogP contribution in [0.4, 0.5) is 0 Å². The van der Waals surface area contributed by atoms with Gasteiger partial charge in [0.15, 0.2) is 0 Å². The van der Waals surface area contributed by atoms with Gasteiger partial charge < -0.3 is 10.5 Å². The van der Waals surface area contributed by atoms with E-state index in [1.165, 1.54) is 5.56 Å². The Morgan fingerprint density at radius 2 is 2.31 bits per heavy atom. The van der Waals surface area contributed by atoms with Crippen LogP contribution < -0.4 is 10.5 Å². The minimum Gasteiger partial charge on any atom is -0.489 e. The summed E-state index contributed by atoms with van der Waals surface area (Å²) in [5.74, 6) is 0.855. The Labute approximate surface area is 79.0 Å². The molecule has 0 fully saturated rings. The van der Waals surface area contributed by atoms with E-state index < -0.39 is 0 Å². The number of benzene rings is 1. The summed E-state index contributed by atoms with van der Waals surface area (Å²) < 4.78 is 5.43. The number of ether oxygens (including phenoxy) is 1. The highest BCUT2D eigenvalue weighted by Gasteiger charge is 2.00. The zero-order valence-electron chi connectivity index (χ0n) is 7.92. The maximum Gasteiger partial charge on any atom is 0.124 e. The van der Waals surface area contributed by atoms with E-state index in [0.717, 1.165) is 11.3 Å². The molecule has 0 aliphatic rings. The van der Waals surface area contributed by atoms with Crippen LogP contribution in [0.3, 0.4) is 0 Å². The predicted molar refractivity (Wildman–Crippen MR) is 54.8 cm³/mol. The second-order valence-electron chi connectivity index (χ2n) is 2.91. The molecule has 1 rings (SSSR count). The first kappa shape index (κ1) is 9.81. The van der Waals surface area contributed by atoms with E-state index in [9.17, 15) is 0 Å². The van der Waals surface area contributed by atoms with Crippen LogP contribution in [-0.4, -0.2) is 6.61 Å². The number of hydrogen-bond acceptors (Lipinski definition) is 2. The molecule has 0 amide bonds. The van der Waals surface area contributed by atoms with Crippen LogP contribution >= 0.6 is 0 Å². The Bertz CT molecular complexity index is 294. The molecule has 1 aromatic rings.